The second-order valence-corrected chi connectivity index (χ2v) is 8.56. The molecule has 0 radical (unpaired) electrons. The molecule has 0 aliphatic carbocycles. The number of amides is 1. The fraction of sp³-hybridized carbons (Fsp3) is 0.409. The van der Waals surface area contributed by atoms with E-state index >= 15 is 0 Å². The molecule has 4 rings (SSSR count). The van der Waals surface area contributed by atoms with E-state index in [-0.39, 0.29) is 5.91 Å². The summed E-state index contributed by atoms with van der Waals surface area (Å²) in [5.41, 5.74) is 0.971. The van der Waals surface area contributed by atoms with Crippen LogP contribution in [0.1, 0.15) is 30.6 Å². The molecule has 29 heavy (non-hydrogen) atoms. The van der Waals surface area contributed by atoms with E-state index in [2.05, 4.69) is 53.4 Å². The van der Waals surface area contributed by atoms with Crippen LogP contribution in [0.25, 0.3) is 10.9 Å². The zero-order valence-electron chi connectivity index (χ0n) is 17.2. The molecule has 7 heteroatoms. The predicted molar refractivity (Wildman–Crippen MR) is 118 cm³/mol. The van der Waals surface area contributed by atoms with Gasteiger partial charge in [0.15, 0.2) is 0 Å². The van der Waals surface area contributed by atoms with E-state index in [1.807, 2.05) is 17.0 Å². The summed E-state index contributed by atoms with van der Waals surface area (Å²) in [5.74, 6) is 1.95. The van der Waals surface area contributed by atoms with Gasteiger partial charge in [0.05, 0.1) is 12.1 Å². The molecule has 3 aromatic rings. The Morgan fingerprint density at radius 1 is 1.14 bits per heavy atom. The quantitative estimate of drug-likeness (QED) is 0.645. The van der Waals surface area contributed by atoms with Crippen molar-refractivity contribution in [2.24, 2.45) is 0 Å². The minimum Gasteiger partial charge on any atom is -0.352 e. The number of benzene rings is 1. The topological polar surface area (TPSA) is 52.6 Å². The van der Waals surface area contributed by atoms with Gasteiger partial charge >= 0.3 is 0 Å². The molecule has 6 nitrogen and oxygen atoms in total. The van der Waals surface area contributed by atoms with Gasteiger partial charge in [-0.1, -0.05) is 18.2 Å². The molecule has 1 unspecified atom stereocenters. The van der Waals surface area contributed by atoms with Crippen molar-refractivity contribution >= 4 is 34.0 Å². The van der Waals surface area contributed by atoms with Crippen molar-refractivity contribution < 1.29 is 4.79 Å². The standard InChI is InChI=1S/C22H27N5OS/c1-16(20-9-6-14-29-20)25(3)15-21-23-19-8-5-4-7-18(19)22(24-21)27-12-10-26(11-13-27)17(2)28/h4-9,14,16H,10-13,15H2,1-3H3. The lowest BCUT2D eigenvalue weighted by Gasteiger charge is -2.35. The van der Waals surface area contributed by atoms with Crippen molar-refractivity contribution in [2.75, 3.05) is 38.1 Å². The Bertz CT molecular complexity index is 982. The Kier molecular flexibility index (Phi) is 5.78. The van der Waals surface area contributed by atoms with E-state index in [1.54, 1.807) is 18.3 Å². The lowest BCUT2D eigenvalue weighted by Crippen LogP contribution is -2.48. The van der Waals surface area contributed by atoms with Crippen molar-refractivity contribution in [3.05, 3.63) is 52.5 Å². The highest BCUT2D eigenvalue weighted by Gasteiger charge is 2.22. The summed E-state index contributed by atoms with van der Waals surface area (Å²) >= 11 is 1.78. The van der Waals surface area contributed by atoms with Crippen LogP contribution < -0.4 is 4.90 Å². The summed E-state index contributed by atoms with van der Waals surface area (Å²) in [4.78, 5) is 29.3. The first-order valence-electron chi connectivity index (χ1n) is 10.0. The predicted octanol–water partition coefficient (Wildman–Crippen LogP) is 3.55. The first-order chi connectivity index (χ1) is 14.0. The van der Waals surface area contributed by atoms with Crippen LogP contribution >= 0.6 is 11.3 Å². The third-order valence-corrected chi connectivity index (χ3v) is 6.70. The van der Waals surface area contributed by atoms with Gasteiger partial charge < -0.3 is 9.80 Å². The van der Waals surface area contributed by atoms with Gasteiger partial charge in [0.2, 0.25) is 5.91 Å². The van der Waals surface area contributed by atoms with Crippen molar-refractivity contribution in [3.8, 4) is 0 Å². The normalized spacial score (nSPS) is 15.9. The summed E-state index contributed by atoms with van der Waals surface area (Å²) in [6, 6.07) is 12.8. The average molecular weight is 410 g/mol. The fourth-order valence-corrected chi connectivity index (χ4v) is 4.61. The van der Waals surface area contributed by atoms with Crippen LogP contribution in [0.3, 0.4) is 0 Å². The second kappa shape index (κ2) is 8.47. The van der Waals surface area contributed by atoms with Crippen LogP contribution in [0.5, 0.6) is 0 Å². The number of piperazine rings is 1. The number of carbonyl (C=O) groups excluding carboxylic acids is 1. The molecule has 0 bridgehead atoms. The van der Waals surface area contributed by atoms with Gasteiger partial charge in [-0.3, -0.25) is 9.69 Å². The van der Waals surface area contributed by atoms with E-state index in [0.29, 0.717) is 12.6 Å². The van der Waals surface area contributed by atoms with Crippen LogP contribution in [0.2, 0.25) is 0 Å². The maximum atomic E-state index is 11.7. The lowest BCUT2D eigenvalue weighted by atomic mass is 10.2. The van der Waals surface area contributed by atoms with Gasteiger partial charge in [-0.05, 0) is 37.6 Å². The monoisotopic (exact) mass is 409 g/mol. The Hall–Kier alpha value is -2.51. The Balaban J connectivity index is 1.60. The van der Waals surface area contributed by atoms with E-state index < -0.39 is 0 Å². The van der Waals surface area contributed by atoms with Crippen molar-refractivity contribution in [1.29, 1.82) is 0 Å². The van der Waals surface area contributed by atoms with Gasteiger partial charge in [-0.15, -0.1) is 11.3 Å². The molecule has 0 spiro atoms. The summed E-state index contributed by atoms with van der Waals surface area (Å²) in [6.07, 6.45) is 0. The third-order valence-electron chi connectivity index (χ3n) is 5.66. The highest BCUT2D eigenvalue weighted by molar-refractivity contribution is 7.10. The first-order valence-corrected chi connectivity index (χ1v) is 10.9. The number of hydrogen-bond donors (Lipinski definition) is 0. The Morgan fingerprint density at radius 2 is 1.90 bits per heavy atom. The number of hydrogen-bond acceptors (Lipinski definition) is 6. The van der Waals surface area contributed by atoms with Gasteiger partial charge in [-0.25, -0.2) is 9.97 Å². The summed E-state index contributed by atoms with van der Waals surface area (Å²) in [6.45, 7) is 7.59. The second-order valence-electron chi connectivity index (χ2n) is 7.58. The SMILES string of the molecule is CC(=O)N1CCN(c2nc(CN(C)C(C)c3cccs3)nc3ccccc23)CC1. The maximum absolute atomic E-state index is 11.7. The number of thiophene rings is 1. The molecule has 1 fully saturated rings. The highest BCUT2D eigenvalue weighted by Crippen LogP contribution is 2.27. The zero-order valence-corrected chi connectivity index (χ0v) is 18.0. The van der Waals surface area contributed by atoms with Gasteiger partial charge in [-0.2, -0.15) is 0 Å². The third kappa shape index (κ3) is 4.26. The molecule has 1 amide bonds. The van der Waals surface area contributed by atoms with Crippen LogP contribution in [-0.2, 0) is 11.3 Å². The number of fused-ring (bicyclic) bond motifs is 1. The minimum atomic E-state index is 0.141. The molecule has 1 aliphatic heterocycles. The molecule has 152 valence electrons. The summed E-state index contributed by atoms with van der Waals surface area (Å²) < 4.78 is 0. The smallest absolute Gasteiger partial charge is 0.219 e. The molecule has 1 aromatic carbocycles. The summed E-state index contributed by atoms with van der Waals surface area (Å²) in [7, 11) is 2.12. The lowest BCUT2D eigenvalue weighted by molar-refractivity contribution is -0.129. The van der Waals surface area contributed by atoms with E-state index in [4.69, 9.17) is 9.97 Å². The summed E-state index contributed by atoms with van der Waals surface area (Å²) in [5, 5.41) is 3.19. The average Bonchev–Trinajstić information content (AvgIpc) is 3.27. The molecular weight excluding hydrogens is 382 g/mol. The van der Waals surface area contributed by atoms with Crippen LogP contribution in [0.15, 0.2) is 41.8 Å². The van der Waals surface area contributed by atoms with E-state index in [0.717, 1.165) is 48.7 Å². The van der Waals surface area contributed by atoms with E-state index in [9.17, 15) is 4.79 Å². The number of rotatable bonds is 5. The zero-order chi connectivity index (χ0) is 20.4. The van der Waals surface area contributed by atoms with Crippen molar-refractivity contribution in [3.63, 3.8) is 0 Å². The number of carbonyl (C=O) groups is 1. The van der Waals surface area contributed by atoms with Crippen molar-refractivity contribution in [1.82, 2.24) is 19.8 Å². The van der Waals surface area contributed by atoms with Crippen LogP contribution in [0, 0.1) is 0 Å². The largest absolute Gasteiger partial charge is 0.352 e. The molecule has 1 saturated heterocycles. The van der Waals surface area contributed by atoms with Gasteiger partial charge in [0, 0.05) is 49.4 Å². The molecular formula is C22H27N5OS. The highest BCUT2D eigenvalue weighted by atomic mass is 32.1. The number of nitrogens with zero attached hydrogens (tertiary/aromatic N) is 5. The fourth-order valence-electron chi connectivity index (χ4n) is 3.76. The molecule has 3 heterocycles. The molecule has 0 saturated carbocycles. The van der Waals surface area contributed by atoms with Gasteiger partial charge in [0.1, 0.15) is 11.6 Å². The number of aromatic nitrogens is 2. The minimum absolute atomic E-state index is 0.141. The number of anilines is 1. The van der Waals surface area contributed by atoms with Gasteiger partial charge in [0.25, 0.3) is 0 Å². The Morgan fingerprint density at radius 3 is 2.59 bits per heavy atom. The molecule has 1 atom stereocenters. The maximum Gasteiger partial charge on any atom is 0.219 e. The van der Waals surface area contributed by atoms with E-state index in [1.165, 1.54) is 4.88 Å². The molecule has 1 aliphatic rings. The molecule has 0 N–H and O–H groups in total. The van der Waals surface area contributed by atoms with Crippen molar-refractivity contribution in [2.45, 2.75) is 26.4 Å². The van der Waals surface area contributed by atoms with Crippen LogP contribution in [0.4, 0.5) is 5.82 Å². The first kappa shape index (κ1) is 19.8. The Labute approximate surface area is 175 Å². The van der Waals surface area contributed by atoms with Crippen LogP contribution in [-0.4, -0.2) is 58.9 Å². The molecule has 2 aromatic heterocycles. The number of para-hydroxylation sites is 1.